The van der Waals surface area contributed by atoms with Gasteiger partial charge in [0, 0.05) is 0 Å². The first kappa shape index (κ1) is 28.8. The third-order valence-corrected chi connectivity index (χ3v) is 16.3. The fourth-order valence-electron chi connectivity index (χ4n) is 3.41. The summed E-state index contributed by atoms with van der Waals surface area (Å²) in [6.45, 7) is 5.55. The van der Waals surface area contributed by atoms with E-state index in [0.29, 0.717) is 26.1 Å². The van der Waals surface area contributed by atoms with Gasteiger partial charge >= 0.3 is 211 Å². The first-order valence-electron chi connectivity index (χ1n) is 12.2. The van der Waals surface area contributed by atoms with Crippen LogP contribution in [0.5, 0.6) is 0 Å². The summed E-state index contributed by atoms with van der Waals surface area (Å²) in [6, 6.07) is 0. The van der Waals surface area contributed by atoms with Gasteiger partial charge in [0.1, 0.15) is 0 Å². The Morgan fingerprint density at radius 1 is 0.700 bits per heavy atom. The summed E-state index contributed by atoms with van der Waals surface area (Å²) in [7, 11) is 0. The van der Waals surface area contributed by atoms with Gasteiger partial charge in [0.25, 0.3) is 0 Å². The SMILES string of the molecule is CCCCCCCC(=O)[O][Hg][CH2]C1COC([CH2][Hg][O]C(=O)CCCCCCC)CO1. The van der Waals surface area contributed by atoms with Gasteiger partial charge in [-0.3, -0.25) is 0 Å². The van der Waals surface area contributed by atoms with Crippen molar-refractivity contribution < 1.29 is 74.4 Å². The minimum absolute atomic E-state index is 0.00968. The van der Waals surface area contributed by atoms with Gasteiger partial charge in [0.15, 0.2) is 0 Å². The number of ether oxygens (including phenoxy) is 2. The summed E-state index contributed by atoms with van der Waals surface area (Å²) in [6.07, 6.45) is 12.8. The van der Waals surface area contributed by atoms with Crippen LogP contribution >= 0.6 is 0 Å². The van der Waals surface area contributed by atoms with Gasteiger partial charge in [0.05, 0.1) is 0 Å². The second kappa shape index (κ2) is 20.3. The van der Waals surface area contributed by atoms with Gasteiger partial charge in [-0.2, -0.15) is 0 Å². The first-order chi connectivity index (χ1) is 14.7. The molecule has 0 aromatic rings. The van der Waals surface area contributed by atoms with Crippen molar-refractivity contribution >= 4 is 11.9 Å². The molecule has 30 heavy (non-hydrogen) atoms. The van der Waals surface area contributed by atoms with Gasteiger partial charge in [0.2, 0.25) is 0 Å². The van der Waals surface area contributed by atoms with Crippen LogP contribution in [0.4, 0.5) is 0 Å². The van der Waals surface area contributed by atoms with Crippen molar-refractivity contribution in [3.05, 3.63) is 0 Å². The molecule has 1 rings (SSSR count). The van der Waals surface area contributed by atoms with E-state index in [9.17, 15) is 9.59 Å². The van der Waals surface area contributed by atoms with Crippen LogP contribution in [0.25, 0.3) is 0 Å². The molecule has 0 amide bonds. The normalized spacial score (nSPS) is 18.3. The zero-order valence-electron chi connectivity index (χ0n) is 19.3. The Kier molecular flexibility index (Phi) is 19.5. The van der Waals surface area contributed by atoms with Gasteiger partial charge in [-0.25, -0.2) is 0 Å². The van der Waals surface area contributed by atoms with E-state index in [1.54, 1.807) is 0 Å². The molecule has 1 aliphatic heterocycles. The van der Waals surface area contributed by atoms with Gasteiger partial charge < -0.3 is 0 Å². The van der Waals surface area contributed by atoms with Crippen LogP contribution in [0.2, 0.25) is 7.86 Å². The van der Waals surface area contributed by atoms with E-state index in [2.05, 4.69) is 13.8 Å². The molecule has 0 spiro atoms. The van der Waals surface area contributed by atoms with Crippen molar-refractivity contribution in [1.82, 2.24) is 0 Å². The van der Waals surface area contributed by atoms with Gasteiger partial charge in [-0.15, -0.1) is 0 Å². The Morgan fingerprint density at radius 3 is 1.47 bits per heavy atom. The van der Waals surface area contributed by atoms with E-state index in [1.165, 1.54) is 38.5 Å². The fourth-order valence-corrected chi connectivity index (χ4v) is 11.9. The molecule has 2 atom stereocenters. The third kappa shape index (κ3) is 16.4. The maximum atomic E-state index is 11.8. The van der Waals surface area contributed by atoms with E-state index in [-0.39, 0.29) is 24.1 Å². The third-order valence-electron chi connectivity index (χ3n) is 5.41. The number of carbonyl (C=O) groups excluding carboxylic acids is 2. The summed E-state index contributed by atoms with van der Waals surface area (Å²) >= 11 is -3.33. The second-order valence-corrected chi connectivity index (χ2v) is 18.2. The number of hydrogen-bond donors (Lipinski definition) is 0. The fraction of sp³-hybridized carbons (Fsp3) is 0.909. The Balaban J connectivity index is 1.95. The van der Waals surface area contributed by atoms with Crippen LogP contribution in [0.1, 0.15) is 90.9 Å². The van der Waals surface area contributed by atoms with E-state index < -0.39 is 50.1 Å². The molecular weight excluding hydrogens is 761 g/mol. The molecule has 8 heteroatoms. The summed E-state index contributed by atoms with van der Waals surface area (Å²) in [4.78, 5) is 23.6. The number of hydrogen-bond acceptors (Lipinski definition) is 6. The summed E-state index contributed by atoms with van der Waals surface area (Å²) in [5.41, 5.74) is 0. The molecular formula is C22H40Hg2O6. The monoisotopic (exact) mass is 804 g/mol. The Labute approximate surface area is 209 Å². The van der Waals surface area contributed by atoms with E-state index in [1.807, 2.05) is 0 Å². The molecule has 1 saturated heterocycles. The molecule has 168 valence electrons. The first-order valence-corrected chi connectivity index (χ1v) is 24.5. The van der Waals surface area contributed by atoms with Gasteiger partial charge in [-0.05, 0) is 0 Å². The predicted molar refractivity (Wildman–Crippen MR) is 108 cm³/mol. The average Bonchev–Trinajstić information content (AvgIpc) is 2.74. The molecule has 2 unspecified atom stereocenters. The molecule has 6 nitrogen and oxygen atoms in total. The zero-order valence-corrected chi connectivity index (χ0v) is 30.3. The minimum atomic E-state index is -1.66. The summed E-state index contributed by atoms with van der Waals surface area (Å²) in [5.74, 6) is -0.0194. The Hall–Kier alpha value is 0.730. The molecule has 0 bridgehead atoms. The second-order valence-electron chi connectivity index (χ2n) is 8.26. The number of rotatable bonds is 18. The molecule has 0 aliphatic carbocycles. The van der Waals surface area contributed by atoms with Crippen LogP contribution in [0, 0.1) is 0 Å². The van der Waals surface area contributed by atoms with Crippen molar-refractivity contribution in [2.75, 3.05) is 13.2 Å². The van der Waals surface area contributed by atoms with Crippen molar-refractivity contribution in [2.24, 2.45) is 0 Å². The quantitative estimate of drug-likeness (QED) is 0.137. The van der Waals surface area contributed by atoms with Crippen LogP contribution in [0.15, 0.2) is 0 Å². The van der Waals surface area contributed by atoms with Crippen LogP contribution in [-0.4, -0.2) is 37.4 Å². The van der Waals surface area contributed by atoms with E-state index in [0.717, 1.165) is 33.5 Å². The molecule has 0 radical (unpaired) electrons. The van der Waals surface area contributed by atoms with Crippen molar-refractivity contribution in [2.45, 2.75) is 111 Å². The summed E-state index contributed by atoms with van der Waals surface area (Å²) < 4.78 is 24.6. The predicted octanol–water partition coefficient (Wildman–Crippen LogP) is 5.41. The van der Waals surface area contributed by atoms with Crippen molar-refractivity contribution in [3.8, 4) is 0 Å². The van der Waals surface area contributed by atoms with Crippen molar-refractivity contribution in [1.29, 1.82) is 0 Å². The molecule has 0 aromatic heterocycles. The van der Waals surface area contributed by atoms with Crippen LogP contribution in [-0.2, 0) is 74.4 Å². The van der Waals surface area contributed by atoms with E-state index >= 15 is 0 Å². The molecule has 1 fully saturated rings. The van der Waals surface area contributed by atoms with Crippen molar-refractivity contribution in [3.63, 3.8) is 0 Å². The standard InChI is InChI=1S/2C8H16O2.C6H10O2.2Hg/c2*1-2-3-4-5-6-7-8(9)10;1-5-3-8-6(2)4-7-5;;/h2*2-7H2,1H3,(H,9,10);5-6H,1-4H2;;/q;;;2*+1/p-2. The Bertz CT molecular complexity index is 401. The summed E-state index contributed by atoms with van der Waals surface area (Å²) in [5, 5.41) is 0. The zero-order chi connectivity index (χ0) is 21.9. The maximum absolute atomic E-state index is 11.8. The van der Waals surface area contributed by atoms with E-state index in [4.69, 9.17) is 14.8 Å². The van der Waals surface area contributed by atoms with Crippen LogP contribution in [0.3, 0.4) is 0 Å². The van der Waals surface area contributed by atoms with Crippen LogP contribution < -0.4 is 0 Å². The molecule has 0 saturated carbocycles. The molecule has 0 N–H and O–H groups in total. The average molecular weight is 802 g/mol. The molecule has 1 aliphatic rings. The molecule has 0 aromatic carbocycles. The van der Waals surface area contributed by atoms with Gasteiger partial charge in [-0.1, -0.05) is 0 Å². The Morgan fingerprint density at radius 2 is 1.10 bits per heavy atom. The topological polar surface area (TPSA) is 71.1 Å². The number of carbonyl (C=O) groups is 2. The number of unbranched alkanes of at least 4 members (excludes halogenated alkanes) is 8. The molecule has 1 heterocycles.